The van der Waals surface area contributed by atoms with Gasteiger partial charge in [-0.15, -0.1) is 0 Å². The van der Waals surface area contributed by atoms with Gasteiger partial charge in [0.05, 0.1) is 26.4 Å². The number of hydrogen-bond acceptors (Lipinski definition) is 4. The number of H-pyrrole nitrogens is 1. The van der Waals surface area contributed by atoms with E-state index in [0.717, 1.165) is 25.1 Å². The van der Waals surface area contributed by atoms with Crippen LogP contribution in [0, 0.1) is 0 Å². The zero-order chi connectivity index (χ0) is 15.7. The van der Waals surface area contributed by atoms with Crippen molar-refractivity contribution in [2.45, 2.75) is 37.8 Å². The first kappa shape index (κ1) is 17.1. The first-order valence-electron chi connectivity index (χ1n) is 7.06. The Morgan fingerprint density at radius 1 is 1.48 bits per heavy atom. The zero-order valence-electron chi connectivity index (χ0n) is 12.4. The molecule has 0 radical (unpaired) electrons. The number of amides is 1. The van der Waals surface area contributed by atoms with Gasteiger partial charge in [0.1, 0.15) is 6.04 Å². The summed E-state index contributed by atoms with van der Waals surface area (Å²) >= 11 is 0. The number of aromatic amines is 1. The number of carbonyl (C=O) groups is 2. The molecule has 0 spiro atoms. The van der Waals surface area contributed by atoms with E-state index in [4.69, 9.17) is 4.74 Å². The molecule has 8 nitrogen and oxygen atoms in total. The number of nitrogens with zero attached hydrogens (tertiary/aromatic N) is 1. The van der Waals surface area contributed by atoms with Crippen LogP contribution in [0.4, 0.5) is 0 Å². The molecule has 0 saturated carbocycles. The van der Waals surface area contributed by atoms with E-state index < -0.39 is 18.1 Å². The van der Waals surface area contributed by atoms with Gasteiger partial charge in [-0.1, -0.05) is 0 Å². The number of methoxy groups -OCH3 is 1. The van der Waals surface area contributed by atoms with Crippen LogP contribution in [0.1, 0.15) is 25.0 Å². The smallest absolute Gasteiger partial charge is 0.328 e. The summed E-state index contributed by atoms with van der Waals surface area (Å²) in [7, 11) is 1.31. The summed E-state index contributed by atoms with van der Waals surface area (Å²) in [6, 6.07) is -1.12. The first-order chi connectivity index (χ1) is 10.1. The summed E-state index contributed by atoms with van der Waals surface area (Å²) in [6.07, 6.45) is 5.91. The first-order valence-corrected chi connectivity index (χ1v) is 7.06. The van der Waals surface area contributed by atoms with Gasteiger partial charge in [0, 0.05) is 11.9 Å². The number of esters is 1. The van der Waals surface area contributed by atoms with Crippen LogP contribution in [0.5, 0.6) is 0 Å². The topological polar surface area (TPSA) is 139 Å². The van der Waals surface area contributed by atoms with Gasteiger partial charge in [-0.3, -0.25) is 4.79 Å². The lowest BCUT2D eigenvalue weighted by atomic mass is 10.1. The van der Waals surface area contributed by atoms with Gasteiger partial charge in [-0.05, 0) is 19.3 Å². The Bertz CT molecular complexity index is 435. The van der Waals surface area contributed by atoms with Crippen molar-refractivity contribution >= 4 is 11.9 Å². The standard InChI is InChI=1S/C13H23N5O3/c1-21-13(20)11(4-2-3-5-14)18-12(19)10(15)6-9-7-16-8-17-9/h7-8,10-11H,2-6,14-15H2,1H3,(H,16,17)(H,18,19)/p+2/t10-,11-/m0/s1. The molecule has 1 aromatic rings. The van der Waals surface area contributed by atoms with E-state index in [9.17, 15) is 9.59 Å². The van der Waals surface area contributed by atoms with Gasteiger partial charge in [0.15, 0.2) is 6.04 Å². The van der Waals surface area contributed by atoms with E-state index in [-0.39, 0.29) is 5.91 Å². The van der Waals surface area contributed by atoms with Crippen LogP contribution >= 0.6 is 0 Å². The SMILES string of the molecule is COC(=O)[C@H](CCCC[NH3+])NC(=O)[C@@H]([NH3+])Cc1cnc[nH]1. The number of rotatable bonds is 9. The molecule has 0 aliphatic rings. The maximum Gasteiger partial charge on any atom is 0.328 e. The molecule has 21 heavy (non-hydrogen) atoms. The normalized spacial score (nSPS) is 13.5. The van der Waals surface area contributed by atoms with Crippen molar-refractivity contribution < 1.29 is 25.8 Å². The van der Waals surface area contributed by atoms with Gasteiger partial charge in [0.2, 0.25) is 0 Å². The van der Waals surface area contributed by atoms with Gasteiger partial charge in [-0.25, -0.2) is 9.78 Å². The zero-order valence-corrected chi connectivity index (χ0v) is 12.4. The highest BCUT2D eigenvalue weighted by Crippen LogP contribution is 2.03. The number of quaternary nitrogens is 2. The van der Waals surface area contributed by atoms with E-state index in [2.05, 4.69) is 26.8 Å². The van der Waals surface area contributed by atoms with Crippen LogP contribution in [0.3, 0.4) is 0 Å². The third kappa shape index (κ3) is 5.92. The van der Waals surface area contributed by atoms with Crippen molar-refractivity contribution in [1.29, 1.82) is 0 Å². The van der Waals surface area contributed by atoms with Crippen molar-refractivity contribution in [1.82, 2.24) is 15.3 Å². The maximum absolute atomic E-state index is 12.1. The van der Waals surface area contributed by atoms with Crippen LogP contribution in [0.15, 0.2) is 12.5 Å². The molecule has 1 aromatic heterocycles. The van der Waals surface area contributed by atoms with Crippen LogP contribution in [-0.2, 0) is 20.7 Å². The van der Waals surface area contributed by atoms with Gasteiger partial charge < -0.3 is 26.5 Å². The van der Waals surface area contributed by atoms with Crippen molar-refractivity contribution in [2.24, 2.45) is 0 Å². The molecule has 0 aromatic carbocycles. The molecule has 1 heterocycles. The number of ether oxygens (including phenoxy) is 1. The maximum atomic E-state index is 12.1. The molecular formula is C13H25N5O3+2. The second-order valence-corrected chi connectivity index (χ2v) is 4.91. The minimum Gasteiger partial charge on any atom is -0.467 e. The molecule has 1 rings (SSSR count). The van der Waals surface area contributed by atoms with Crippen molar-refractivity contribution in [3.63, 3.8) is 0 Å². The molecule has 0 aliphatic carbocycles. The molecule has 8 N–H and O–H groups in total. The summed E-state index contributed by atoms with van der Waals surface area (Å²) in [6.45, 7) is 0.805. The van der Waals surface area contributed by atoms with E-state index in [1.165, 1.54) is 7.11 Å². The van der Waals surface area contributed by atoms with Crippen molar-refractivity contribution in [3.8, 4) is 0 Å². The molecule has 0 unspecified atom stereocenters. The van der Waals surface area contributed by atoms with Crippen LogP contribution in [0.2, 0.25) is 0 Å². The van der Waals surface area contributed by atoms with E-state index in [1.807, 2.05) is 0 Å². The molecule has 2 atom stereocenters. The average Bonchev–Trinajstić information content (AvgIpc) is 2.98. The molecule has 0 saturated heterocycles. The number of unbranched alkanes of at least 4 members (excludes halogenated alkanes) is 1. The minimum atomic E-state index is -0.625. The molecule has 1 amide bonds. The average molecular weight is 299 g/mol. The van der Waals surface area contributed by atoms with E-state index >= 15 is 0 Å². The van der Waals surface area contributed by atoms with Crippen molar-refractivity contribution in [2.75, 3.05) is 13.7 Å². The fraction of sp³-hybridized carbons (Fsp3) is 0.615. The Labute approximate surface area is 123 Å². The fourth-order valence-electron chi connectivity index (χ4n) is 1.96. The quantitative estimate of drug-likeness (QED) is 0.299. The highest BCUT2D eigenvalue weighted by atomic mass is 16.5. The Balaban J connectivity index is 2.51. The number of aromatic nitrogens is 2. The van der Waals surface area contributed by atoms with E-state index in [1.54, 1.807) is 12.5 Å². The third-order valence-electron chi connectivity index (χ3n) is 3.19. The van der Waals surface area contributed by atoms with Crippen LogP contribution in [0.25, 0.3) is 0 Å². The molecule has 0 aliphatic heterocycles. The molecule has 8 heteroatoms. The molecule has 0 fully saturated rings. The highest BCUT2D eigenvalue weighted by molar-refractivity contribution is 5.86. The van der Waals surface area contributed by atoms with Gasteiger partial charge in [0.25, 0.3) is 5.91 Å². The van der Waals surface area contributed by atoms with Crippen LogP contribution < -0.4 is 16.8 Å². The lowest BCUT2D eigenvalue weighted by Crippen LogP contribution is -2.69. The summed E-state index contributed by atoms with van der Waals surface area (Å²) in [5, 5.41) is 2.71. The predicted octanol–water partition coefficient (Wildman–Crippen LogP) is -2.37. The predicted molar refractivity (Wildman–Crippen MR) is 74.5 cm³/mol. The van der Waals surface area contributed by atoms with Crippen LogP contribution in [-0.4, -0.2) is 47.6 Å². The minimum absolute atomic E-state index is 0.269. The largest absolute Gasteiger partial charge is 0.467 e. The van der Waals surface area contributed by atoms with Crippen molar-refractivity contribution in [3.05, 3.63) is 18.2 Å². The number of nitrogens with one attached hydrogen (secondary N) is 2. The highest BCUT2D eigenvalue weighted by Gasteiger charge is 2.26. The monoisotopic (exact) mass is 299 g/mol. The third-order valence-corrected chi connectivity index (χ3v) is 3.19. The van der Waals surface area contributed by atoms with E-state index in [0.29, 0.717) is 12.8 Å². The number of imidazole rings is 1. The Morgan fingerprint density at radius 2 is 2.24 bits per heavy atom. The summed E-state index contributed by atoms with van der Waals surface area (Å²) < 4.78 is 4.72. The lowest BCUT2D eigenvalue weighted by Gasteiger charge is -2.17. The summed E-state index contributed by atoms with van der Waals surface area (Å²) in [4.78, 5) is 30.6. The molecule has 118 valence electrons. The molecular weight excluding hydrogens is 274 g/mol. The summed E-state index contributed by atoms with van der Waals surface area (Å²) in [5.41, 5.74) is 8.41. The second kappa shape index (κ2) is 9.09. The molecule has 0 bridgehead atoms. The van der Waals surface area contributed by atoms with Gasteiger partial charge in [-0.2, -0.15) is 0 Å². The lowest BCUT2D eigenvalue weighted by molar-refractivity contribution is -0.403. The Morgan fingerprint density at radius 3 is 2.81 bits per heavy atom. The fourth-order valence-corrected chi connectivity index (χ4v) is 1.96. The Hall–Kier alpha value is -1.93. The summed E-state index contributed by atoms with van der Waals surface area (Å²) in [5.74, 6) is -0.698. The second-order valence-electron chi connectivity index (χ2n) is 4.91. The number of hydrogen-bond donors (Lipinski definition) is 4. The Kier molecular flexibility index (Phi) is 7.41. The van der Waals surface area contributed by atoms with Gasteiger partial charge >= 0.3 is 5.97 Å². The number of carbonyl (C=O) groups excluding carboxylic acids is 2.